The summed E-state index contributed by atoms with van der Waals surface area (Å²) in [4.78, 5) is 37.1. The average Bonchev–Trinajstić information content (AvgIpc) is 2.90. The second-order valence-corrected chi connectivity index (χ2v) is 5.86. The Morgan fingerprint density at radius 2 is 1.89 bits per heavy atom. The maximum atomic E-state index is 13.9. The van der Waals surface area contributed by atoms with Crippen molar-refractivity contribution in [3.05, 3.63) is 59.7 Å². The number of hydrogen-bond acceptors (Lipinski definition) is 5. The molecule has 8 heteroatoms. The molecule has 0 aromatic heterocycles. The fourth-order valence-corrected chi connectivity index (χ4v) is 2.78. The van der Waals surface area contributed by atoms with E-state index in [-0.39, 0.29) is 18.7 Å². The van der Waals surface area contributed by atoms with Crippen molar-refractivity contribution in [1.82, 2.24) is 0 Å². The average molecular weight is 374 g/mol. The predicted octanol–water partition coefficient (Wildman–Crippen LogP) is 2.89. The number of esters is 1. The van der Waals surface area contributed by atoms with Gasteiger partial charge in [0.1, 0.15) is 17.7 Å². The smallest absolute Gasteiger partial charge is 0.338 e. The van der Waals surface area contributed by atoms with Crippen molar-refractivity contribution in [1.29, 1.82) is 0 Å². The molecule has 0 radical (unpaired) electrons. The number of carbonyl (C=O) groups excluding carboxylic acids is 3. The molecule has 1 N–H and O–H groups in total. The quantitative estimate of drug-likeness (QED) is 0.643. The number of halogens is 2. The molecule has 0 saturated carbocycles. The molecule has 0 aliphatic carbocycles. The van der Waals surface area contributed by atoms with Gasteiger partial charge in [-0.2, -0.15) is 0 Å². The van der Waals surface area contributed by atoms with Crippen LogP contribution in [0.5, 0.6) is 0 Å². The lowest BCUT2D eigenvalue weighted by Crippen LogP contribution is -2.35. The number of hydrogen-bond donors (Lipinski definition) is 1. The molecule has 1 fully saturated rings. The summed E-state index contributed by atoms with van der Waals surface area (Å²) in [6.45, 7) is 1.96. The lowest BCUT2D eigenvalue weighted by atomic mass is 10.2. The van der Waals surface area contributed by atoms with Crippen LogP contribution < -0.4 is 10.2 Å². The van der Waals surface area contributed by atoms with Crippen LogP contribution in [0.2, 0.25) is 0 Å². The Bertz CT molecular complexity index is 899. The summed E-state index contributed by atoms with van der Waals surface area (Å²) in [5.41, 5.74) is 0.579. The molecule has 1 unspecified atom stereocenters. The highest BCUT2D eigenvalue weighted by Gasteiger charge is 2.40. The maximum absolute atomic E-state index is 13.9. The van der Waals surface area contributed by atoms with E-state index in [4.69, 9.17) is 4.74 Å². The summed E-state index contributed by atoms with van der Waals surface area (Å²) in [6, 6.07) is 7.96. The molecule has 1 saturated heterocycles. The highest BCUT2D eigenvalue weighted by molar-refractivity contribution is 6.23. The van der Waals surface area contributed by atoms with Gasteiger partial charge in [0.15, 0.2) is 0 Å². The van der Waals surface area contributed by atoms with Crippen molar-refractivity contribution in [2.75, 3.05) is 16.8 Å². The van der Waals surface area contributed by atoms with Crippen LogP contribution in [0, 0.1) is 11.6 Å². The molecule has 1 aliphatic rings. The van der Waals surface area contributed by atoms with Crippen molar-refractivity contribution in [2.24, 2.45) is 0 Å². The van der Waals surface area contributed by atoms with Gasteiger partial charge >= 0.3 is 5.97 Å². The molecule has 1 aliphatic heterocycles. The van der Waals surface area contributed by atoms with E-state index in [0.717, 1.165) is 12.1 Å². The van der Waals surface area contributed by atoms with Crippen molar-refractivity contribution >= 4 is 29.2 Å². The molecule has 27 heavy (non-hydrogen) atoms. The number of rotatable bonds is 5. The number of carbonyl (C=O) groups is 3. The van der Waals surface area contributed by atoms with Crippen LogP contribution in [-0.4, -0.2) is 30.4 Å². The van der Waals surface area contributed by atoms with Crippen LogP contribution in [0.1, 0.15) is 23.7 Å². The molecule has 2 aromatic carbocycles. The molecule has 0 spiro atoms. The first-order chi connectivity index (χ1) is 12.9. The van der Waals surface area contributed by atoms with Crippen LogP contribution in [0.3, 0.4) is 0 Å². The van der Waals surface area contributed by atoms with Gasteiger partial charge in [0.05, 0.1) is 24.3 Å². The number of nitrogens with zero attached hydrogens (tertiary/aromatic N) is 1. The minimum Gasteiger partial charge on any atom is -0.462 e. The first-order valence-corrected chi connectivity index (χ1v) is 8.26. The Morgan fingerprint density at radius 1 is 1.19 bits per heavy atom. The van der Waals surface area contributed by atoms with Gasteiger partial charge in [0.25, 0.3) is 5.91 Å². The first kappa shape index (κ1) is 18.5. The van der Waals surface area contributed by atoms with E-state index in [0.29, 0.717) is 22.2 Å². The summed E-state index contributed by atoms with van der Waals surface area (Å²) in [5.74, 6) is -3.48. The van der Waals surface area contributed by atoms with Gasteiger partial charge in [0, 0.05) is 11.8 Å². The summed E-state index contributed by atoms with van der Waals surface area (Å²) in [7, 11) is 0. The van der Waals surface area contributed by atoms with Gasteiger partial charge in [-0.15, -0.1) is 0 Å². The number of imide groups is 1. The third-order valence-corrected chi connectivity index (χ3v) is 4.03. The zero-order valence-electron chi connectivity index (χ0n) is 14.4. The van der Waals surface area contributed by atoms with Gasteiger partial charge in [-0.3, -0.25) is 9.59 Å². The maximum Gasteiger partial charge on any atom is 0.338 e. The van der Waals surface area contributed by atoms with Crippen LogP contribution in [0.15, 0.2) is 42.5 Å². The summed E-state index contributed by atoms with van der Waals surface area (Å²) >= 11 is 0. The van der Waals surface area contributed by atoms with Crippen molar-refractivity contribution in [3.8, 4) is 0 Å². The van der Waals surface area contributed by atoms with Gasteiger partial charge in [-0.25, -0.2) is 18.5 Å². The molecular weight excluding hydrogens is 358 g/mol. The predicted molar refractivity (Wildman–Crippen MR) is 93.3 cm³/mol. The van der Waals surface area contributed by atoms with Crippen LogP contribution in [0.4, 0.5) is 20.2 Å². The SMILES string of the molecule is CCOC(=O)c1ccc(NC2CC(=O)N(c3ccc(F)cc3F)C2=O)cc1. The van der Waals surface area contributed by atoms with Gasteiger partial charge in [-0.05, 0) is 43.3 Å². The van der Waals surface area contributed by atoms with Crippen molar-refractivity contribution in [3.63, 3.8) is 0 Å². The van der Waals surface area contributed by atoms with Crippen LogP contribution >= 0.6 is 0 Å². The summed E-state index contributed by atoms with van der Waals surface area (Å²) in [5, 5.41) is 2.89. The van der Waals surface area contributed by atoms with E-state index in [9.17, 15) is 23.2 Å². The van der Waals surface area contributed by atoms with E-state index in [1.54, 1.807) is 19.1 Å². The molecule has 2 aromatic rings. The van der Waals surface area contributed by atoms with Gasteiger partial charge in [-0.1, -0.05) is 0 Å². The van der Waals surface area contributed by atoms with E-state index < -0.39 is 35.5 Å². The van der Waals surface area contributed by atoms with E-state index in [1.165, 1.54) is 12.1 Å². The summed E-state index contributed by atoms with van der Waals surface area (Å²) < 4.78 is 31.9. The van der Waals surface area contributed by atoms with Gasteiger partial charge in [0.2, 0.25) is 5.91 Å². The fourth-order valence-electron chi connectivity index (χ4n) is 2.78. The van der Waals surface area contributed by atoms with E-state index in [2.05, 4.69) is 5.32 Å². The molecule has 2 amide bonds. The highest BCUT2D eigenvalue weighted by atomic mass is 19.1. The van der Waals surface area contributed by atoms with Crippen molar-refractivity contribution in [2.45, 2.75) is 19.4 Å². The lowest BCUT2D eigenvalue weighted by molar-refractivity contribution is -0.121. The van der Waals surface area contributed by atoms with E-state index in [1.807, 2.05) is 0 Å². The zero-order valence-corrected chi connectivity index (χ0v) is 14.4. The Morgan fingerprint density at radius 3 is 2.52 bits per heavy atom. The molecular formula is C19H16F2N2O4. The monoisotopic (exact) mass is 374 g/mol. The number of amides is 2. The number of ether oxygens (including phenoxy) is 1. The topological polar surface area (TPSA) is 75.7 Å². The highest BCUT2D eigenvalue weighted by Crippen LogP contribution is 2.27. The van der Waals surface area contributed by atoms with Gasteiger partial charge < -0.3 is 10.1 Å². The third-order valence-electron chi connectivity index (χ3n) is 4.03. The molecule has 6 nitrogen and oxygen atoms in total. The summed E-state index contributed by atoms with van der Waals surface area (Å²) in [6.07, 6.45) is -0.171. The molecule has 1 heterocycles. The largest absolute Gasteiger partial charge is 0.462 e. The molecule has 140 valence electrons. The Labute approximate surface area is 153 Å². The third kappa shape index (κ3) is 3.79. The first-order valence-electron chi connectivity index (χ1n) is 8.26. The second-order valence-electron chi connectivity index (χ2n) is 5.86. The normalized spacial score (nSPS) is 16.6. The zero-order chi connectivity index (χ0) is 19.6. The molecule has 1 atom stereocenters. The Hall–Kier alpha value is -3.29. The van der Waals surface area contributed by atoms with Crippen molar-refractivity contribution < 1.29 is 27.9 Å². The van der Waals surface area contributed by atoms with Crippen LogP contribution in [-0.2, 0) is 14.3 Å². The lowest BCUT2D eigenvalue weighted by Gasteiger charge is -2.17. The minimum atomic E-state index is -0.990. The Kier molecular flexibility index (Phi) is 5.16. The molecule has 0 bridgehead atoms. The fraction of sp³-hybridized carbons (Fsp3) is 0.211. The number of benzene rings is 2. The number of nitrogens with one attached hydrogen (secondary N) is 1. The standard InChI is InChI=1S/C19H16F2N2O4/c1-2-27-19(26)11-3-6-13(7-4-11)22-15-10-17(24)23(18(15)25)16-8-5-12(20)9-14(16)21/h3-9,15,22H,2,10H2,1H3. The number of anilines is 2. The Balaban J connectivity index is 1.74. The van der Waals surface area contributed by atoms with E-state index >= 15 is 0 Å². The molecule has 3 rings (SSSR count). The second kappa shape index (κ2) is 7.53. The minimum absolute atomic E-state index is 0.171. The van der Waals surface area contributed by atoms with Crippen LogP contribution in [0.25, 0.3) is 0 Å².